The highest BCUT2D eigenvalue weighted by atomic mass is 32.2. The minimum atomic E-state index is -3.35. The topological polar surface area (TPSA) is 80.4 Å². The lowest BCUT2D eigenvalue weighted by atomic mass is 10.2. The fraction of sp³-hybridized carbons (Fsp3) is 0.455. The average molecular weight is 243 g/mol. The number of sulfone groups is 1. The van der Waals surface area contributed by atoms with Gasteiger partial charge in [-0.05, 0) is 25.0 Å². The first-order valence-electron chi connectivity index (χ1n) is 5.12. The molecule has 0 bridgehead atoms. The molecule has 0 aromatic heterocycles. The highest BCUT2D eigenvalue weighted by Gasteiger charge is 2.19. The number of aliphatic hydroxyl groups is 1. The van der Waals surface area contributed by atoms with Crippen LogP contribution in [0.4, 0.5) is 0 Å². The lowest BCUT2D eigenvalue weighted by molar-refractivity contribution is 0.279. The molecule has 1 atom stereocenters. The molecule has 0 aliphatic rings. The summed E-state index contributed by atoms with van der Waals surface area (Å²) in [5.74, 6) is -0.127. The van der Waals surface area contributed by atoms with E-state index in [9.17, 15) is 8.42 Å². The molecule has 0 aliphatic heterocycles. The Hall–Kier alpha value is -0.910. The van der Waals surface area contributed by atoms with Crippen molar-refractivity contribution >= 4 is 9.84 Å². The number of aryl methyl sites for hydroxylation is 1. The van der Waals surface area contributed by atoms with E-state index < -0.39 is 15.9 Å². The fourth-order valence-electron chi connectivity index (χ4n) is 1.53. The van der Waals surface area contributed by atoms with Crippen LogP contribution in [-0.4, -0.2) is 31.9 Å². The Bertz CT molecular complexity index is 442. The molecule has 0 heterocycles. The Balaban J connectivity index is 2.91. The van der Waals surface area contributed by atoms with Gasteiger partial charge >= 0.3 is 0 Å². The monoisotopic (exact) mass is 243 g/mol. The SMILES string of the molecule is Cc1ccccc1S(=O)(=O)CC(N)CCO. The van der Waals surface area contributed by atoms with Crippen molar-refractivity contribution in [3.05, 3.63) is 29.8 Å². The molecular formula is C11H17NO3S. The molecule has 5 heteroatoms. The minimum absolute atomic E-state index is 0.0928. The molecule has 1 unspecified atom stereocenters. The predicted molar refractivity (Wildman–Crippen MR) is 62.9 cm³/mol. The van der Waals surface area contributed by atoms with Crippen LogP contribution in [0, 0.1) is 6.92 Å². The van der Waals surface area contributed by atoms with Crippen molar-refractivity contribution in [1.29, 1.82) is 0 Å². The predicted octanol–water partition coefficient (Wildman–Crippen LogP) is 0.478. The Labute approximate surface area is 96.0 Å². The van der Waals surface area contributed by atoms with Crippen LogP contribution in [0.25, 0.3) is 0 Å². The maximum absolute atomic E-state index is 12.0. The highest BCUT2D eigenvalue weighted by Crippen LogP contribution is 2.16. The molecule has 3 N–H and O–H groups in total. The zero-order valence-electron chi connectivity index (χ0n) is 9.26. The van der Waals surface area contributed by atoms with Crippen molar-refractivity contribution in [3.8, 4) is 0 Å². The van der Waals surface area contributed by atoms with Crippen LogP contribution in [0.5, 0.6) is 0 Å². The van der Waals surface area contributed by atoms with Crippen molar-refractivity contribution in [2.45, 2.75) is 24.3 Å². The number of hydrogen-bond acceptors (Lipinski definition) is 4. The number of aliphatic hydroxyl groups excluding tert-OH is 1. The first-order chi connectivity index (χ1) is 7.47. The summed E-state index contributed by atoms with van der Waals surface area (Å²) in [6.45, 7) is 1.66. The fourth-order valence-corrected chi connectivity index (χ4v) is 3.28. The lowest BCUT2D eigenvalue weighted by Gasteiger charge is -2.12. The van der Waals surface area contributed by atoms with Gasteiger partial charge in [-0.25, -0.2) is 8.42 Å². The van der Waals surface area contributed by atoms with Gasteiger partial charge in [0.1, 0.15) is 0 Å². The van der Waals surface area contributed by atoms with Gasteiger partial charge in [0, 0.05) is 12.6 Å². The number of hydrogen-bond donors (Lipinski definition) is 2. The van der Waals surface area contributed by atoms with Gasteiger partial charge in [-0.15, -0.1) is 0 Å². The van der Waals surface area contributed by atoms with Gasteiger partial charge in [0.2, 0.25) is 0 Å². The van der Waals surface area contributed by atoms with Crippen molar-refractivity contribution in [1.82, 2.24) is 0 Å². The van der Waals surface area contributed by atoms with Crippen LogP contribution in [-0.2, 0) is 9.84 Å². The minimum Gasteiger partial charge on any atom is -0.396 e. The first-order valence-corrected chi connectivity index (χ1v) is 6.77. The molecule has 16 heavy (non-hydrogen) atoms. The van der Waals surface area contributed by atoms with E-state index in [0.29, 0.717) is 11.3 Å². The van der Waals surface area contributed by atoms with Gasteiger partial charge in [-0.1, -0.05) is 18.2 Å². The van der Waals surface area contributed by atoms with E-state index in [1.807, 2.05) is 0 Å². The van der Waals surface area contributed by atoms with Crippen LogP contribution in [0.15, 0.2) is 29.2 Å². The third-order valence-electron chi connectivity index (χ3n) is 2.36. The summed E-state index contributed by atoms with van der Waals surface area (Å²) < 4.78 is 24.0. The molecule has 1 aromatic rings. The molecule has 0 spiro atoms. The van der Waals surface area contributed by atoms with Crippen LogP contribution < -0.4 is 5.73 Å². The van der Waals surface area contributed by atoms with E-state index in [4.69, 9.17) is 10.8 Å². The molecule has 0 saturated carbocycles. The number of nitrogens with two attached hydrogens (primary N) is 1. The normalized spacial score (nSPS) is 13.7. The Morgan fingerprint density at radius 2 is 2.00 bits per heavy atom. The molecule has 0 amide bonds. The van der Waals surface area contributed by atoms with Gasteiger partial charge in [-0.3, -0.25) is 0 Å². The molecule has 90 valence electrons. The van der Waals surface area contributed by atoms with Crippen molar-refractivity contribution in [3.63, 3.8) is 0 Å². The second-order valence-corrected chi connectivity index (χ2v) is 5.82. The summed E-state index contributed by atoms with van der Waals surface area (Å²) in [7, 11) is -3.35. The van der Waals surface area contributed by atoms with Crippen molar-refractivity contribution in [2.75, 3.05) is 12.4 Å². The summed E-state index contributed by atoms with van der Waals surface area (Å²) in [6, 6.07) is 6.30. The second kappa shape index (κ2) is 5.43. The van der Waals surface area contributed by atoms with E-state index >= 15 is 0 Å². The second-order valence-electron chi connectivity index (χ2n) is 3.82. The van der Waals surface area contributed by atoms with Gasteiger partial charge in [0.25, 0.3) is 0 Å². The maximum Gasteiger partial charge on any atom is 0.180 e. The van der Waals surface area contributed by atoms with Crippen LogP contribution in [0.2, 0.25) is 0 Å². The van der Waals surface area contributed by atoms with E-state index in [2.05, 4.69) is 0 Å². The third-order valence-corrected chi connectivity index (χ3v) is 4.36. The van der Waals surface area contributed by atoms with E-state index in [0.717, 1.165) is 5.56 Å². The molecular weight excluding hydrogens is 226 g/mol. The van der Waals surface area contributed by atoms with Crippen molar-refractivity contribution < 1.29 is 13.5 Å². The van der Waals surface area contributed by atoms with Gasteiger partial charge in [0.15, 0.2) is 9.84 Å². The van der Waals surface area contributed by atoms with Crippen LogP contribution in [0.1, 0.15) is 12.0 Å². The largest absolute Gasteiger partial charge is 0.396 e. The molecule has 0 radical (unpaired) electrons. The third kappa shape index (κ3) is 3.30. The van der Waals surface area contributed by atoms with E-state index in [-0.39, 0.29) is 12.4 Å². The number of benzene rings is 1. The molecule has 0 fully saturated rings. The van der Waals surface area contributed by atoms with Gasteiger partial charge in [-0.2, -0.15) is 0 Å². The van der Waals surface area contributed by atoms with Crippen LogP contribution >= 0.6 is 0 Å². The number of rotatable bonds is 5. The maximum atomic E-state index is 12.0. The van der Waals surface area contributed by atoms with Crippen LogP contribution in [0.3, 0.4) is 0 Å². The Morgan fingerprint density at radius 3 is 2.56 bits per heavy atom. The van der Waals surface area contributed by atoms with Gasteiger partial charge in [0.05, 0.1) is 10.6 Å². The lowest BCUT2D eigenvalue weighted by Crippen LogP contribution is -2.30. The first kappa shape index (κ1) is 13.2. The standard InChI is InChI=1S/C11H17NO3S/c1-9-4-2-3-5-11(9)16(14,15)8-10(12)6-7-13/h2-5,10,13H,6-8,12H2,1H3. The molecule has 1 aromatic carbocycles. The molecule has 4 nitrogen and oxygen atoms in total. The Morgan fingerprint density at radius 1 is 1.38 bits per heavy atom. The summed E-state index contributed by atoms with van der Waals surface area (Å²) in [5, 5.41) is 8.68. The summed E-state index contributed by atoms with van der Waals surface area (Å²) >= 11 is 0. The van der Waals surface area contributed by atoms with Gasteiger partial charge < -0.3 is 10.8 Å². The summed E-state index contributed by atoms with van der Waals surface area (Å²) in [4.78, 5) is 0.323. The Kier molecular flexibility index (Phi) is 4.46. The molecule has 1 rings (SSSR count). The smallest absolute Gasteiger partial charge is 0.180 e. The average Bonchev–Trinajstić information content (AvgIpc) is 2.17. The van der Waals surface area contributed by atoms with E-state index in [1.165, 1.54) is 0 Å². The highest BCUT2D eigenvalue weighted by molar-refractivity contribution is 7.91. The zero-order chi connectivity index (χ0) is 12.2. The van der Waals surface area contributed by atoms with E-state index in [1.54, 1.807) is 31.2 Å². The quantitative estimate of drug-likeness (QED) is 0.788. The summed E-state index contributed by atoms with van der Waals surface area (Å²) in [5.41, 5.74) is 6.34. The summed E-state index contributed by atoms with van der Waals surface area (Å²) in [6.07, 6.45) is 0.297. The molecule has 0 saturated heterocycles. The molecule has 0 aliphatic carbocycles. The van der Waals surface area contributed by atoms with Crippen molar-refractivity contribution in [2.24, 2.45) is 5.73 Å². The zero-order valence-corrected chi connectivity index (χ0v) is 10.1.